The van der Waals surface area contributed by atoms with Gasteiger partial charge in [0, 0.05) is 23.4 Å². The minimum atomic E-state index is -0.490. The minimum Gasteiger partial charge on any atom is -0.465 e. The molecule has 4 rings (SSSR count). The highest BCUT2D eigenvalue weighted by atomic mass is 32.1. The molecule has 0 unspecified atom stereocenters. The fourth-order valence-electron chi connectivity index (χ4n) is 3.71. The van der Waals surface area contributed by atoms with Crippen LogP contribution in [0, 0.1) is 11.8 Å². The number of carbonyl (C=O) groups excluding carboxylic acids is 3. The molecule has 1 atom stereocenters. The predicted molar refractivity (Wildman–Crippen MR) is 127 cm³/mol. The Morgan fingerprint density at radius 2 is 1.79 bits per heavy atom. The molecule has 2 amide bonds. The smallest absolute Gasteiger partial charge is 0.337 e. The minimum absolute atomic E-state index is 0.101. The fraction of sp³-hybridized carbons (Fsp3) is 0.192. The third kappa shape index (κ3) is 5.30. The van der Waals surface area contributed by atoms with Crippen LogP contribution in [0.25, 0.3) is 0 Å². The van der Waals surface area contributed by atoms with Crippen molar-refractivity contribution in [2.24, 2.45) is 0 Å². The first-order valence-electron chi connectivity index (χ1n) is 10.5. The quantitative estimate of drug-likeness (QED) is 0.470. The second-order valence-corrected chi connectivity index (χ2v) is 8.47. The number of thiophene rings is 1. The summed E-state index contributed by atoms with van der Waals surface area (Å²) in [6.45, 7) is 0.574. The molecule has 0 aliphatic carbocycles. The van der Waals surface area contributed by atoms with Crippen LogP contribution in [0.2, 0.25) is 0 Å². The number of carbonyl (C=O) groups is 3. The van der Waals surface area contributed by atoms with E-state index in [-0.39, 0.29) is 11.8 Å². The number of esters is 1. The Morgan fingerprint density at radius 3 is 2.52 bits per heavy atom. The van der Waals surface area contributed by atoms with Crippen molar-refractivity contribution in [3.8, 4) is 11.8 Å². The lowest BCUT2D eigenvalue weighted by molar-refractivity contribution is -0.119. The summed E-state index contributed by atoms with van der Waals surface area (Å²) in [5, 5.41) is 4.78. The molecule has 1 aliphatic rings. The first-order chi connectivity index (χ1) is 16.0. The lowest BCUT2D eigenvalue weighted by Gasteiger charge is -2.23. The number of hydrogen-bond acceptors (Lipinski definition) is 5. The van der Waals surface area contributed by atoms with Crippen LogP contribution < -0.4 is 5.32 Å². The van der Waals surface area contributed by atoms with Gasteiger partial charge in [0.1, 0.15) is 6.04 Å². The van der Waals surface area contributed by atoms with E-state index in [4.69, 9.17) is 4.74 Å². The number of anilines is 1. The van der Waals surface area contributed by atoms with Crippen molar-refractivity contribution in [1.82, 2.24) is 4.90 Å². The number of nitrogens with one attached hydrogen (secondary N) is 1. The monoisotopic (exact) mass is 458 g/mol. The second-order valence-electron chi connectivity index (χ2n) is 7.53. The summed E-state index contributed by atoms with van der Waals surface area (Å²) in [4.78, 5) is 39.7. The summed E-state index contributed by atoms with van der Waals surface area (Å²) < 4.78 is 4.74. The maximum Gasteiger partial charge on any atom is 0.337 e. The van der Waals surface area contributed by atoms with Crippen molar-refractivity contribution >= 4 is 34.8 Å². The lowest BCUT2D eigenvalue weighted by Crippen LogP contribution is -2.42. The van der Waals surface area contributed by atoms with Gasteiger partial charge >= 0.3 is 5.97 Å². The second kappa shape index (κ2) is 10.2. The number of amides is 2. The van der Waals surface area contributed by atoms with Gasteiger partial charge in [-0.1, -0.05) is 30.0 Å². The molecule has 0 spiro atoms. The number of nitrogens with zero attached hydrogens (tertiary/aromatic N) is 1. The molecule has 7 heteroatoms. The summed E-state index contributed by atoms with van der Waals surface area (Å²) in [7, 11) is 1.34. The Kier molecular flexibility index (Phi) is 6.86. The summed E-state index contributed by atoms with van der Waals surface area (Å²) >= 11 is 1.38. The average Bonchev–Trinajstić information content (AvgIpc) is 3.55. The molecular formula is C26H22N2O4S. The zero-order valence-corrected chi connectivity index (χ0v) is 18.9. The van der Waals surface area contributed by atoms with Crippen LogP contribution in [-0.2, 0) is 9.53 Å². The molecule has 33 heavy (non-hydrogen) atoms. The number of methoxy groups -OCH3 is 1. The zero-order valence-electron chi connectivity index (χ0n) is 18.0. The number of benzene rings is 2. The number of ether oxygens (including phenoxy) is 1. The number of likely N-dealkylation sites (tertiary alicyclic amines) is 1. The molecule has 0 saturated carbocycles. The van der Waals surface area contributed by atoms with E-state index in [1.54, 1.807) is 41.3 Å². The maximum absolute atomic E-state index is 12.9. The largest absolute Gasteiger partial charge is 0.465 e. The molecule has 0 radical (unpaired) electrons. The zero-order chi connectivity index (χ0) is 23.2. The Bertz CT molecular complexity index is 1240. The van der Waals surface area contributed by atoms with Crippen molar-refractivity contribution in [3.63, 3.8) is 0 Å². The molecule has 0 bridgehead atoms. The van der Waals surface area contributed by atoms with E-state index in [1.165, 1.54) is 18.4 Å². The molecule has 1 saturated heterocycles. The van der Waals surface area contributed by atoms with E-state index in [2.05, 4.69) is 17.2 Å². The lowest BCUT2D eigenvalue weighted by atomic mass is 10.1. The summed E-state index contributed by atoms with van der Waals surface area (Å²) in [5.74, 6) is 5.37. The van der Waals surface area contributed by atoms with Crippen molar-refractivity contribution in [3.05, 3.63) is 87.6 Å². The van der Waals surface area contributed by atoms with Crippen LogP contribution in [0.1, 0.15) is 44.0 Å². The van der Waals surface area contributed by atoms with Crippen LogP contribution in [0.4, 0.5) is 5.69 Å². The van der Waals surface area contributed by atoms with Gasteiger partial charge in [0.25, 0.3) is 5.91 Å². The first-order valence-corrected chi connectivity index (χ1v) is 11.4. The Labute approximate surface area is 196 Å². The van der Waals surface area contributed by atoms with Gasteiger partial charge in [-0.2, -0.15) is 0 Å². The van der Waals surface area contributed by atoms with Gasteiger partial charge < -0.3 is 15.0 Å². The Morgan fingerprint density at radius 1 is 1.03 bits per heavy atom. The molecule has 2 aromatic carbocycles. The summed E-state index contributed by atoms with van der Waals surface area (Å²) in [6, 6.07) is 17.3. The molecule has 2 heterocycles. The third-order valence-corrected chi connectivity index (χ3v) is 6.17. The third-order valence-electron chi connectivity index (χ3n) is 5.31. The van der Waals surface area contributed by atoms with Gasteiger partial charge in [-0.25, -0.2) is 4.79 Å². The van der Waals surface area contributed by atoms with Crippen LogP contribution in [0.15, 0.2) is 66.0 Å². The van der Waals surface area contributed by atoms with E-state index < -0.39 is 12.0 Å². The van der Waals surface area contributed by atoms with Gasteiger partial charge in [-0.05, 0) is 60.7 Å². The summed E-state index contributed by atoms with van der Waals surface area (Å²) in [5.41, 5.74) is 2.45. The van der Waals surface area contributed by atoms with E-state index in [9.17, 15) is 14.4 Å². The van der Waals surface area contributed by atoms with E-state index in [0.717, 1.165) is 6.42 Å². The standard InChI is InChI=1S/C26H22N2O4S/c1-32-26(31)20-8-2-6-18(16-20)12-13-19-7-3-9-21(17-19)27-24(29)22-10-4-14-28(22)25(30)23-11-5-15-33-23/h2-3,5-9,11,15-17,22H,4,10,14H2,1H3,(H,27,29)/t22-/m1/s1. The van der Waals surface area contributed by atoms with Crippen LogP contribution in [0.5, 0.6) is 0 Å². The normalized spacial score (nSPS) is 14.8. The molecule has 1 aromatic heterocycles. The molecular weight excluding hydrogens is 436 g/mol. The van der Waals surface area contributed by atoms with E-state index in [0.29, 0.717) is 40.2 Å². The first kappa shape index (κ1) is 22.3. The van der Waals surface area contributed by atoms with Crippen LogP contribution in [-0.4, -0.2) is 42.4 Å². The average molecular weight is 459 g/mol. The SMILES string of the molecule is COC(=O)c1cccc(C#Cc2cccc(NC(=O)[C@H]3CCCN3C(=O)c3cccs3)c2)c1. The van der Waals surface area contributed by atoms with E-state index in [1.807, 2.05) is 29.6 Å². The maximum atomic E-state index is 12.9. The van der Waals surface area contributed by atoms with Gasteiger partial charge in [0.2, 0.25) is 5.91 Å². The highest BCUT2D eigenvalue weighted by molar-refractivity contribution is 7.12. The van der Waals surface area contributed by atoms with Crippen molar-refractivity contribution in [1.29, 1.82) is 0 Å². The highest BCUT2D eigenvalue weighted by Gasteiger charge is 2.34. The number of hydrogen-bond donors (Lipinski definition) is 1. The van der Waals surface area contributed by atoms with Crippen molar-refractivity contribution in [2.45, 2.75) is 18.9 Å². The predicted octanol–water partition coefficient (Wildman–Crippen LogP) is 4.18. The molecule has 3 aromatic rings. The van der Waals surface area contributed by atoms with Gasteiger partial charge in [0.05, 0.1) is 17.6 Å². The Hall–Kier alpha value is -3.89. The molecule has 6 nitrogen and oxygen atoms in total. The molecule has 1 fully saturated rings. The Balaban J connectivity index is 1.46. The van der Waals surface area contributed by atoms with E-state index >= 15 is 0 Å². The van der Waals surface area contributed by atoms with Crippen molar-refractivity contribution < 1.29 is 19.1 Å². The number of rotatable bonds is 4. The van der Waals surface area contributed by atoms with Crippen molar-refractivity contribution in [2.75, 3.05) is 19.0 Å². The van der Waals surface area contributed by atoms with Crippen LogP contribution >= 0.6 is 11.3 Å². The topological polar surface area (TPSA) is 75.7 Å². The van der Waals surface area contributed by atoms with Gasteiger partial charge in [-0.3, -0.25) is 9.59 Å². The molecule has 166 valence electrons. The van der Waals surface area contributed by atoms with Gasteiger partial charge in [-0.15, -0.1) is 11.3 Å². The van der Waals surface area contributed by atoms with Gasteiger partial charge in [0.15, 0.2) is 0 Å². The van der Waals surface area contributed by atoms with Crippen LogP contribution in [0.3, 0.4) is 0 Å². The summed E-state index contributed by atoms with van der Waals surface area (Å²) in [6.07, 6.45) is 1.43. The fourth-order valence-corrected chi connectivity index (χ4v) is 4.39. The molecule has 1 aliphatic heterocycles. The highest BCUT2D eigenvalue weighted by Crippen LogP contribution is 2.23. The molecule has 1 N–H and O–H groups in total.